The number of hydrogen-bond donors (Lipinski definition) is 1. The van der Waals surface area contributed by atoms with Crippen LogP contribution in [-0.4, -0.2) is 24.1 Å². The van der Waals surface area contributed by atoms with E-state index >= 15 is 0 Å². The molecule has 0 saturated heterocycles. The van der Waals surface area contributed by atoms with E-state index in [0.29, 0.717) is 24.6 Å². The standard InChI is InChI=1S/C14H15ClN2O2/c1-2-19-13(18)7-9-16-12-6-5-11(15)10-4-3-8-17-14(10)12/h3-6,8,16H,2,7,9H2,1H3. The lowest BCUT2D eigenvalue weighted by atomic mass is 10.2. The highest BCUT2D eigenvalue weighted by molar-refractivity contribution is 6.35. The molecule has 100 valence electrons. The van der Waals surface area contributed by atoms with Gasteiger partial charge >= 0.3 is 5.97 Å². The van der Waals surface area contributed by atoms with Gasteiger partial charge in [0.1, 0.15) is 0 Å². The number of nitrogens with one attached hydrogen (secondary N) is 1. The van der Waals surface area contributed by atoms with Crippen LogP contribution in [0.4, 0.5) is 5.69 Å². The maximum atomic E-state index is 11.3. The van der Waals surface area contributed by atoms with E-state index in [-0.39, 0.29) is 5.97 Å². The molecule has 0 atom stereocenters. The van der Waals surface area contributed by atoms with E-state index in [0.717, 1.165) is 16.6 Å². The van der Waals surface area contributed by atoms with Crippen LogP contribution in [0.5, 0.6) is 0 Å². The van der Waals surface area contributed by atoms with E-state index in [1.807, 2.05) is 24.3 Å². The second kappa shape index (κ2) is 6.38. The number of ether oxygens (including phenoxy) is 1. The Hall–Kier alpha value is -1.81. The number of rotatable bonds is 5. The number of hydrogen-bond acceptors (Lipinski definition) is 4. The van der Waals surface area contributed by atoms with Gasteiger partial charge in [0, 0.05) is 18.1 Å². The monoisotopic (exact) mass is 278 g/mol. The van der Waals surface area contributed by atoms with Crippen LogP contribution in [0.15, 0.2) is 30.5 Å². The number of carbonyl (C=O) groups is 1. The third-order valence-corrected chi connectivity index (χ3v) is 3.00. The first kappa shape index (κ1) is 13.6. The molecule has 4 nitrogen and oxygen atoms in total. The lowest BCUT2D eigenvalue weighted by Crippen LogP contribution is -2.11. The zero-order valence-electron chi connectivity index (χ0n) is 10.6. The van der Waals surface area contributed by atoms with E-state index < -0.39 is 0 Å². The molecule has 5 heteroatoms. The van der Waals surface area contributed by atoms with Gasteiger partial charge in [0.15, 0.2) is 0 Å². The molecule has 0 radical (unpaired) electrons. The van der Waals surface area contributed by atoms with Crippen LogP contribution in [0.2, 0.25) is 5.02 Å². The predicted molar refractivity (Wildman–Crippen MR) is 76.5 cm³/mol. The van der Waals surface area contributed by atoms with Crippen LogP contribution in [-0.2, 0) is 9.53 Å². The summed E-state index contributed by atoms with van der Waals surface area (Å²) < 4.78 is 4.87. The number of aromatic nitrogens is 1. The Kier molecular flexibility index (Phi) is 4.58. The Morgan fingerprint density at radius 1 is 1.42 bits per heavy atom. The van der Waals surface area contributed by atoms with Crippen LogP contribution in [0.1, 0.15) is 13.3 Å². The molecule has 1 N–H and O–H groups in total. The molecule has 0 unspecified atom stereocenters. The first-order valence-electron chi connectivity index (χ1n) is 6.15. The quantitative estimate of drug-likeness (QED) is 0.853. The second-order valence-corrected chi connectivity index (χ2v) is 4.38. The molecule has 19 heavy (non-hydrogen) atoms. The van der Waals surface area contributed by atoms with Crippen molar-refractivity contribution in [3.05, 3.63) is 35.5 Å². The van der Waals surface area contributed by atoms with Crippen molar-refractivity contribution >= 4 is 34.2 Å². The molecule has 1 aromatic heterocycles. The normalized spacial score (nSPS) is 10.4. The molecular formula is C14H15ClN2O2. The number of carbonyl (C=O) groups excluding carboxylic acids is 1. The van der Waals surface area contributed by atoms with Crippen molar-refractivity contribution in [2.75, 3.05) is 18.5 Å². The Morgan fingerprint density at radius 3 is 3.05 bits per heavy atom. The Bertz CT molecular complexity index is 587. The van der Waals surface area contributed by atoms with Crippen molar-refractivity contribution in [3.8, 4) is 0 Å². The van der Waals surface area contributed by atoms with Gasteiger partial charge in [-0.3, -0.25) is 9.78 Å². The van der Waals surface area contributed by atoms with Crippen LogP contribution < -0.4 is 5.32 Å². The van der Waals surface area contributed by atoms with Crippen LogP contribution in [0.25, 0.3) is 10.9 Å². The summed E-state index contributed by atoms with van der Waals surface area (Å²) in [5.74, 6) is -0.207. The topological polar surface area (TPSA) is 51.2 Å². The van der Waals surface area contributed by atoms with Gasteiger partial charge in [-0.15, -0.1) is 0 Å². The van der Waals surface area contributed by atoms with E-state index in [1.54, 1.807) is 13.1 Å². The minimum absolute atomic E-state index is 0.207. The first-order chi connectivity index (χ1) is 9.22. The molecule has 0 fully saturated rings. The Morgan fingerprint density at radius 2 is 2.26 bits per heavy atom. The fraction of sp³-hybridized carbons (Fsp3) is 0.286. The molecule has 2 rings (SSSR count). The van der Waals surface area contributed by atoms with Crippen molar-refractivity contribution in [2.45, 2.75) is 13.3 Å². The van der Waals surface area contributed by atoms with Gasteiger partial charge in [-0.1, -0.05) is 11.6 Å². The molecule has 0 aliphatic heterocycles. The average Bonchev–Trinajstić information content (AvgIpc) is 2.42. The molecule has 0 aliphatic carbocycles. The second-order valence-electron chi connectivity index (χ2n) is 3.98. The molecule has 0 saturated carbocycles. The zero-order valence-corrected chi connectivity index (χ0v) is 11.4. The number of benzene rings is 1. The highest BCUT2D eigenvalue weighted by Crippen LogP contribution is 2.27. The fourth-order valence-electron chi connectivity index (χ4n) is 1.81. The number of esters is 1. The third kappa shape index (κ3) is 3.35. The predicted octanol–water partition coefficient (Wildman–Crippen LogP) is 3.25. The number of anilines is 1. The first-order valence-corrected chi connectivity index (χ1v) is 6.53. The maximum absolute atomic E-state index is 11.3. The fourth-order valence-corrected chi connectivity index (χ4v) is 2.03. The number of nitrogens with zero attached hydrogens (tertiary/aromatic N) is 1. The Labute approximate surface area is 116 Å². The number of fused-ring (bicyclic) bond motifs is 1. The summed E-state index contributed by atoms with van der Waals surface area (Å²) in [5, 5.41) is 4.74. The summed E-state index contributed by atoms with van der Waals surface area (Å²) in [6.45, 7) is 2.71. The molecule has 1 heterocycles. The summed E-state index contributed by atoms with van der Waals surface area (Å²) >= 11 is 6.11. The molecule has 0 aliphatic rings. The summed E-state index contributed by atoms with van der Waals surface area (Å²) in [7, 11) is 0. The van der Waals surface area contributed by atoms with Gasteiger partial charge in [0.05, 0.1) is 29.3 Å². The van der Waals surface area contributed by atoms with Gasteiger partial charge in [0.25, 0.3) is 0 Å². The smallest absolute Gasteiger partial charge is 0.307 e. The number of halogens is 1. The average molecular weight is 279 g/mol. The van der Waals surface area contributed by atoms with Gasteiger partial charge in [-0.2, -0.15) is 0 Å². The van der Waals surface area contributed by atoms with Crippen molar-refractivity contribution in [1.82, 2.24) is 4.98 Å². The van der Waals surface area contributed by atoms with Gasteiger partial charge in [0.2, 0.25) is 0 Å². The van der Waals surface area contributed by atoms with Crippen LogP contribution in [0.3, 0.4) is 0 Å². The van der Waals surface area contributed by atoms with Gasteiger partial charge in [-0.25, -0.2) is 0 Å². The van der Waals surface area contributed by atoms with Crippen molar-refractivity contribution in [3.63, 3.8) is 0 Å². The highest BCUT2D eigenvalue weighted by atomic mass is 35.5. The van der Waals surface area contributed by atoms with E-state index in [4.69, 9.17) is 16.3 Å². The largest absolute Gasteiger partial charge is 0.466 e. The lowest BCUT2D eigenvalue weighted by Gasteiger charge is -2.09. The molecule has 0 amide bonds. The third-order valence-electron chi connectivity index (χ3n) is 2.67. The minimum atomic E-state index is -0.207. The summed E-state index contributed by atoms with van der Waals surface area (Å²) in [6.07, 6.45) is 2.04. The van der Waals surface area contributed by atoms with E-state index in [9.17, 15) is 4.79 Å². The molecule has 2 aromatic rings. The summed E-state index contributed by atoms with van der Waals surface area (Å²) in [5.41, 5.74) is 1.67. The van der Waals surface area contributed by atoms with Crippen molar-refractivity contribution in [2.24, 2.45) is 0 Å². The van der Waals surface area contributed by atoms with Crippen LogP contribution in [0, 0.1) is 0 Å². The SMILES string of the molecule is CCOC(=O)CCNc1ccc(Cl)c2cccnc12. The molecule has 0 bridgehead atoms. The zero-order chi connectivity index (χ0) is 13.7. The number of pyridine rings is 1. The maximum Gasteiger partial charge on any atom is 0.307 e. The van der Waals surface area contributed by atoms with Crippen LogP contribution >= 0.6 is 11.6 Å². The van der Waals surface area contributed by atoms with E-state index in [2.05, 4.69) is 10.3 Å². The van der Waals surface area contributed by atoms with Gasteiger partial charge in [-0.05, 0) is 31.2 Å². The van der Waals surface area contributed by atoms with E-state index in [1.165, 1.54) is 0 Å². The molecule has 0 spiro atoms. The summed E-state index contributed by atoms with van der Waals surface area (Å²) in [4.78, 5) is 15.6. The molecule has 1 aromatic carbocycles. The Balaban J connectivity index is 2.09. The summed E-state index contributed by atoms with van der Waals surface area (Å²) in [6, 6.07) is 7.44. The highest BCUT2D eigenvalue weighted by Gasteiger charge is 2.06. The van der Waals surface area contributed by atoms with Crippen molar-refractivity contribution in [1.29, 1.82) is 0 Å². The van der Waals surface area contributed by atoms with Crippen molar-refractivity contribution < 1.29 is 9.53 Å². The van der Waals surface area contributed by atoms with Gasteiger partial charge < -0.3 is 10.1 Å². The molecular weight excluding hydrogens is 264 g/mol. The lowest BCUT2D eigenvalue weighted by molar-refractivity contribution is -0.142. The minimum Gasteiger partial charge on any atom is -0.466 e.